The number of aliphatic imine (C=N–C) groups is 1. The lowest BCUT2D eigenvalue weighted by atomic mass is 10.1. The molecule has 0 unspecified atom stereocenters. The highest BCUT2D eigenvalue weighted by atomic mass is 15.2. The lowest BCUT2D eigenvalue weighted by molar-refractivity contribution is 0.557. The molecular formula is C16H30N2. The largest absolute Gasteiger partial charge is 0.336 e. The molecule has 0 bridgehead atoms. The maximum Gasteiger partial charge on any atom is 0.103 e. The molecule has 1 aliphatic heterocycles. The van der Waals surface area contributed by atoms with Gasteiger partial charge in [-0.1, -0.05) is 64.9 Å². The minimum Gasteiger partial charge on any atom is -0.336 e. The highest BCUT2D eigenvalue weighted by Crippen LogP contribution is 2.13. The molecule has 0 atom stereocenters. The Labute approximate surface area is 113 Å². The van der Waals surface area contributed by atoms with Gasteiger partial charge in [0.05, 0.1) is 6.54 Å². The third kappa shape index (κ3) is 6.23. The number of amidine groups is 1. The number of hydrogen-bond donors (Lipinski definition) is 0. The molecule has 0 N–H and O–H groups in total. The van der Waals surface area contributed by atoms with Crippen molar-refractivity contribution in [2.24, 2.45) is 4.99 Å². The van der Waals surface area contributed by atoms with Crippen molar-refractivity contribution in [1.29, 1.82) is 0 Å². The van der Waals surface area contributed by atoms with Gasteiger partial charge in [0.15, 0.2) is 0 Å². The van der Waals surface area contributed by atoms with Crippen LogP contribution in [0.2, 0.25) is 0 Å². The van der Waals surface area contributed by atoms with Gasteiger partial charge in [0.1, 0.15) is 5.84 Å². The maximum atomic E-state index is 4.53. The van der Waals surface area contributed by atoms with E-state index in [1.54, 1.807) is 0 Å². The molecule has 1 rings (SSSR count). The van der Waals surface area contributed by atoms with E-state index in [0.717, 1.165) is 19.5 Å². The lowest BCUT2D eigenvalue weighted by Crippen LogP contribution is -2.20. The Morgan fingerprint density at radius 1 is 1.06 bits per heavy atom. The summed E-state index contributed by atoms with van der Waals surface area (Å²) in [4.78, 5) is 6.73. The normalized spacial score (nSPS) is 14.9. The summed E-state index contributed by atoms with van der Waals surface area (Å²) in [5.41, 5.74) is 0. The quantitative estimate of drug-likeness (QED) is 0.482. The molecular weight excluding hydrogens is 220 g/mol. The zero-order chi connectivity index (χ0) is 13.1. The second-order valence-corrected chi connectivity index (χ2v) is 5.25. The number of nitrogens with zero attached hydrogens (tertiary/aromatic N) is 2. The van der Waals surface area contributed by atoms with Crippen LogP contribution in [0.3, 0.4) is 0 Å². The van der Waals surface area contributed by atoms with Gasteiger partial charge in [0.2, 0.25) is 0 Å². The van der Waals surface area contributed by atoms with E-state index in [9.17, 15) is 0 Å². The summed E-state index contributed by atoms with van der Waals surface area (Å²) in [6.07, 6.45) is 15.6. The van der Waals surface area contributed by atoms with Crippen molar-refractivity contribution in [1.82, 2.24) is 4.90 Å². The first-order valence-corrected chi connectivity index (χ1v) is 7.81. The van der Waals surface area contributed by atoms with Crippen LogP contribution in [0.25, 0.3) is 0 Å². The Kier molecular flexibility index (Phi) is 8.62. The van der Waals surface area contributed by atoms with Gasteiger partial charge in [-0.05, 0) is 12.6 Å². The molecule has 0 amide bonds. The predicted octanol–water partition coefficient (Wildman–Crippen LogP) is 4.76. The lowest BCUT2D eigenvalue weighted by Gasteiger charge is -2.14. The first-order valence-electron chi connectivity index (χ1n) is 7.81. The molecule has 0 spiro atoms. The van der Waals surface area contributed by atoms with E-state index in [-0.39, 0.29) is 0 Å². The van der Waals surface area contributed by atoms with Gasteiger partial charge in [-0.3, -0.25) is 4.99 Å². The van der Waals surface area contributed by atoms with Crippen molar-refractivity contribution in [3.63, 3.8) is 0 Å². The molecule has 0 radical (unpaired) electrons. The minimum absolute atomic E-state index is 0.957. The van der Waals surface area contributed by atoms with Gasteiger partial charge < -0.3 is 4.90 Å². The minimum atomic E-state index is 0.957. The van der Waals surface area contributed by atoms with Gasteiger partial charge in [0, 0.05) is 13.0 Å². The molecule has 104 valence electrons. The second-order valence-electron chi connectivity index (χ2n) is 5.25. The number of unbranched alkanes of at least 4 members (excludes halogenated alkanes) is 8. The van der Waals surface area contributed by atoms with Gasteiger partial charge in [-0.2, -0.15) is 0 Å². The molecule has 1 aliphatic rings. The molecule has 0 fully saturated rings. The van der Waals surface area contributed by atoms with Crippen molar-refractivity contribution in [2.45, 2.75) is 71.1 Å². The standard InChI is InChI=1S/C16H30N2/c1-3-5-6-7-8-9-10-11-12-13-16-17-14-15-18(16)4-2/h4H,2-3,5-15H2,1H3. The number of rotatable bonds is 11. The van der Waals surface area contributed by atoms with Crippen LogP contribution in [0, 0.1) is 0 Å². The zero-order valence-corrected chi connectivity index (χ0v) is 12.2. The fraction of sp³-hybridized carbons (Fsp3) is 0.812. The van der Waals surface area contributed by atoms with Crippen molar-refractivity contribution < 1.29 is 0 Å². The van der Waals surface area contributed by atoms with E-state index in [0.29, 0.717) is 0 Å². The Morgan fingerprint density at radius 3 is 2.28 bits per heavy atom. The van der Waals surface area contributed by atoms with Crippen LogP contribution in [-0.2, 0) is 0 Å². The molecule has 0 saturated heterocycles. The summed E-state index contributed by atoms with van der Waals surface area (Å²) in [7, 11) is 0. The Hall–Kier alpha value is -0.790. The van der Waals surface area contributed by atoms with Crippen LogP contribution in [0.5, 0.6) is 0 Å². The first kappa shape index (κ1) is 15.3. The van der Waals surface area contributed by atoms with Crippen molar-refractivity contribution >= 4 is 5.84 Å². The SMILES string of the molecule is C=CN1CCN=C1CCCCCCCCCCC. The van der Waals surface area contributed by atoms with Gasteiger partial charge in [0.25, 0.3) is 0 Å². The zero-order valence-electron chi connectivity index (χ0n) is 12.2. The number of hydrogen-bond acceptors (Lipinski definition) is 2. The van der Waals surface area contributed by atoms with Crippen LogP contribution < -0.4 is 0 Å². The Balaban J connectivity index is 1.88. The highest BCUT2D eigenvalue weighted by Gasteiger charge is 2.12. The molecule has 2 nitrogen and oxygen atoms in total. The summed E-state index contributed by atoms with van der Waals surface area (Å²) >= 11 is 0. The monoisotopic (exact) mass is 250 g/mol. The molecule has 1 heterocycles. The van der Waals surface area contributed by atoms with Crippen molar-refractivity contribution in [2.75, 3.05) is 13.1 Å². The Morgan fingerprint density at radius 2 is 1.67 bits per heavy atom. The molecule has 0 aromatic carbocycles. The van der Waals surface area contributed by atoms with Crippen LogP contribution in [0.4, 0.5) is 0 Å². The van der Waals surface area contributed by atoms with Gasteiger partial charge >= 0.3 is 0 Å². The van der Waals surface area contributed by atoms with E-state index in [1.165, 1.54) is 63.6 Å². The summed E-state index contributed by atoms with van der Waals surface area (Å²) in [6.45, 7) is 8.10. The predicted molar refractivity (Wildman–Crippen MR) is 81.0 cm³/mol. The van der Waals surface area contributed by atoms with E-state index < -0.39 is 0 Å². The molecule has 18 heavy (non-hydrogen) atoms. The molecule has 0 aromatic rings. The highest BCUT2D eigenvalue weighted by molar-refractivity contribution is 5.84. The molecule has 0 aromatic heterocycles. The van der Waals surface area contributed by atoms with E-state index in [4.69, 9.17) is 0 Å². The first-order chi connectivity index (χ1) is 8.88. The van der Waals surface area contributed by atoms with E-state index in [2.05, 4.69) is 23.4 Å². The molecule has 0 aliphatic carbocycles. The Bertz CT molecular complexity index is 245. The molecule has 0 saturated carbocycles. The second kappa shape index (κ2) is 10.2. The van der Waals surface area contributed by atoms with Crippen LogP contribution in [0.15, 0.2) is 17.8 Å². The van der Waals surface area contributed by atoms with E-state index in [1.807, 2.05) is 6.20 Å². The molecule has 2 heteroatoms. The van der Waals surface area contributed by atoms with Crippen LogP contribution in [0.1, 0.15) is 71.1 Å². The summed E-state index contributed by atoms with van der Waals surface area (Å²) < 4.78 is 0. The smallest absolute Gasteiger partial charge is 0.103 e. The fourth-order valence-electron chi connectivity index (χ4n) is 2.52. The third-order valence-electron chi connectivity index (χ3n) is 3.69. The van der Waals surface area contributed by atoms with E-state index >= 15 is 0 Å². The van der Waals surface area contributed by atoms with Gasteiger partial charge in [-0.25, -0.2) is 0 Å². The fourth-order valence-corrected chi connectivity index (χ4v) is 2.52. The summed E-state index contributed by atoms with van der Waals surface area (Å²) in [5.74, 6) is 1.26. The van der Waals surface area contributed by atoms with Crippen molar-refractivity contribution in [3.05, 3.63) is 12.8 Å². The third-order valence-corrected chi connectivity index (χ3v) is 3.69. The maximum absolute atomic E-state index is 4.53. The van der Waals surface area contributed by atoms with Crippen LogP contribution in [-0.4, -0.2) is 23.8 Å². The topological polar surface area (TPSA) is 15.6 Å². The average molecular weight is 250 g/mol. The van der Waals surface area contributed by atoms with Crippen LogP contribution >= 0.6 is 0 Å². The van der Waals surface area contributed by atoms with Crippen molar-refractivity contribution in [3.8, 4) is 0 Å². The average Bonchev–Trinajstić information content (AvgIpc) is 2.84. The van der Waals surface area contributed by atoms with Gasteiger partial charge in [-0.15, -0.1) is 0 Å². The summed E-state index contributed by atoms with van der Waals surface area (Å²) in [6, 6.07) is 0. The summed E-state index contributed by atoms with van der Waals surface area (Å²) in [5, 5.41) is 0.